The Balaban J connectivity index is 1.91. The van der Waals surface area contributed by atoms with Gasteiger partial charge in [-0.2, -0.15) is 0 Å². The highest BCUT2D eigenvalue weighted by molar-refractivity contribution is 9.11. The van der Waals surface area contributed by atoms with Crippen molar-refractivity contribution in [1.82, 2.24) is 9.88 Å². The summed E-state index contributed by atoms with van der Waals surface area (Å²) < 4.78 is 11.1. The van der Waals surface area contributed by atoms with Crippen molar-refractivity contribution in [2.45, 2.75) is 45.3 Å². The number of Topliss-reactive ketones (excluding diaryl/α,β-unsaturated/α-hetero) is 1. The molecule has 0 aromatic carbocycles. The first-order chi connectivity index (χ1) is 11.2. The van der Waals surface area contributed by atoms with Crippen LogP contribution in [0, 0.1) is 0 Å². The van der Waals surface area contributed by atoms with Gasteiger partial charge < -0.3 is 9.47 Å². The first kappa shape index (κ1) is 18.9. The molecule has 0 spiro atoms. The maximum atomic E-state index is 12.2. The van der Waals surface area contributed by atoms with Crippen LogP contribution in [0.5, 0.6) is 0 Å². The molecule has 1 aromatic heterocycles. The van der Waals surface area contributed by atoms with Gasteiger partial charge in [-0.1, -0.05) is 0 Å². The number of likely N-dealkylation sites (tertiary alicyclic amines) is 1. The van der Waals surface area contributed by atoms with Gasteiger partial charge in [0, 0.05) is 6.54 Å². The van der Waals surface area contributed by atoms with Crippen LogP contribution in [0.4, 0.5) is 4.79 Å². The predicted molar refractivity (Wildman–Crippen MR) is 91.1 cm³/mol. The summed E-state index contributed by atoms with van der Waals surface area (Å²) in [5, 5.41) is 0.269. The van der Waals surface area contributed by atoms with E-state index in [0.717, 1.165) is 3.79 Å². The summed E-state index contributed by atoms with van der Waals surface area (Å²) in [6.45, 7) is 5.33. The summed E-state index contributed by atoms with van der Waals surface area (Å²) in [5.74, 6) is -0.969. The molecule has 1 amide bonds. The zero-order valence-electron chi connectivity index (χ0n) is 13.7. The quantitative estimate of drug-likeness (QED) is 0.551. The number of hydrogen-bond donors (Lipinski definition) is 0. The SMILES string of the molecule is CC(C)(C)OC(=O)N1CCCC1C(=O)OCC(=O)c1ncc(Br)s1. The molecule has 1 fully saturated rings. The molecule has 0 bridgehead atoms. The second-order valence-corrected chi connectivity index (χ2v) is 8.74. The third kappa shape index (κ3) is 5.01. The number of esters is 1. The largest absolute Gasteiger partial charge is 0.456 e. The van der Waals surface area contributed by atoms with Gasteiger partial charge in [0.05, 0.1) is 9.98 Å². The number of carbonyl (C=O) groups excluding carboxylic acids is 3. The van der Waals surface area contributed by atoms with Gasteiger partial charge in [-0.25, -0.2) is 14.6 Å². The molecule has 2 heterocycles. The lowest BCUT2D eigenvalue weighted by Crippen LogP contribution is -2.44. The molecule has 0 N–H and O–H groups in total. The summed E-state index contributed by atoms with van der Waals surface area (Å²) in [6, 6.07) is -0.712. The zero-order valence-corrected chi connectivity index (χ0v) is 16.1. The molecule has 132 valence electrons. The van der Waals surface area contributed by atoms with Crippen LogP contribution in [-0.4, -0.2) is 52.5 Å². The van der Waals surface area contributed by atoms with Crippen LogP contribution in [0.2, 0.25) is 0 Å². The fourth-order valence-electron chi connectivity index (χ4n) is 2.23. The van der Waals surface area contributed by atoms with E-state index >= 15 is 0 Å². The van der Waals surface area contributed by atoms with Crippen LogP contribution in [0.3, 0.4) is 0 Å². The number of aromatic nitrogens is 1. The molecule has 2 rings (SSSR count). The van der Waals surface area contributed by atoms with Gasteiger partial charge in [-0.05, 0) is 49.5 Å². The van der Waals surface area contributed by atoms with Crippen LogP contribution in [0.15, 0.2) is 9.98 Å². The molecule has 9 heteroatoms. The molecular formula is C15H19BrN2O5S. The van der Waals surface area contributed by atoms with Crippen LogP contribution in [-0.2, 0) is 14.3 Å². The minimum absolute atomic E-state index is 0.269. The molecule has 0 radical (unpaired) electrons. The summed E-state index contributed by atoms with van der Waals surface area (Å²) in [7, 11) is 0. The third-order valence-electron chi connectivity index (χ3n) is 3.21. The first-order valence-electron chi connectivity index (χ1n) is 7.48. The average molecular weight is 419 g/mol. The number of carbonyl (C=O) groups is 3. The molecular weight excluding hydrogens is 400 g/mol. The molecule has 7 nitrogen and oxygen atoms in total. The van der Waals surface area contributed by atoms with Crippen molar-refractivity contribution in [3.05, 3.63) is 15.0 Å². The molecule has 1 aliphatic heterocycles. The third-order valence-corrected chi connectivity index (χ3v) is 4.73. The van der Waals surface area contributed by atoms with Crippen LogP contribution in [0.1, 0.15) is 43.4 Å². The standard InChI is InChI=1S/C15H19BrN2O5S/c1-15(2,3)23-14(21)18-6-4-5-9(18)13(20)22-8-10(19)12-17-7-11(16)24-12/h7,9H,4-6,8H2,1-3H3. The number of amides is 1. The molecule has 0 saturated carbocycles. The van der Waals surface area contributed by atoms with Crippen molar-refractivity contribution in [2.24, 2.45) is 0 Å². The van der Waals surface area contributed by atoms with Gasteiger partial charge in [0.15, 0.2) is 11.6 Å². The van der Waals surface area contributed by atoms with Gasteiger partial charge in [0.2, 0.25) is 5.78 Å². The molecule has 1 saturated heterocycles. The molecule has 1 atom stereocenters. The fraction of sp³-hybridized carbons (Fsp3) is 0.600. The van der Waals surface area contributed by atoms with E-state index < -0.39 is 30.3 Å². The van der Waals surface area contributed by atoms with Gasteiger partial charge >= 0.3 is 12.1 Å². The number of hydrogen-bond acceptors (Lipinski definition) is 7. The minimum atomic E-state index is -0.712. The molecule has 1 aliphatic rings. The lowest BCUT2D eigenvalue weighted by atomic mass is 10.2. The summed E-state index contributed by atoms with van der Waals surface area (Å²) in [5.41, 5.74) is -0.637. The van der Waals surface area contributed by atoms with Gasteiger partial charge in [0.25, 0.3) is 0 Å². The number of ether oxygens (including phenoxy) is 2. The van der Waals surface area contributed by atoms with E-state index in [2.05, 4.69) is 20.9 Å². The highest BCUT2D eigenvalue weighted by Gasteiger charge is 2.37. The van der Waals surface area contributed by atoms with Crippen molar-refractivity contribution in [2.75, 3.05) is 13.2 Å². The van der Waals surface area contributed by atoms with Crippen LogP contribution in [0.25, 0.3) is 0 Å². The molecule has 0 aliphatic carbocycles. The fourth-order valence-corrected chi connectivity index (χ4v) is 3.36. The van der Waals surface area contributed by atoms with E-state index in [0.29, 0.717) is 19.4 Å². The topological polar surface area (TPSA) is 85.8 Å². The van der Waals surface area contributed by atoms with Gasteiger partial charge in [-0.15, -0.1) is 11.3 Å². The normalized spacial score (nSPS) is 17.7. The zero-order chi connectivity index (χ0) is 17.9. The number of thiazole rings is 1. The van der Waals surface area contributed by atoms with Crippen molar-refractivity contribution >= 4 is 45.1 Å². The predicted octanol–water partition coefficient (Wildman–Crippen LogP) is 3.03. The monoisotopic (exact) mass is 418 g/mol. The maximum Gasteiger partial charge on any atom is 0.411 e. The maximum absolute atomic E-state index is 12.2. The van der Waals surface area contributed by atoms with E-state index in [1.807, 2.05) is 0 Å². The molecule has 24 heavy (non-hydrogen) atoms. The van der Waals surface area contributed by atoms with Crippen molar-refractivity contribution in [3.8, 4) is 0 Å². The Kier molecular flexibility index (Phi) is 5.97. The second kappa shape index (κ2) is 7.60. The summed E-state index contributed by atoms with van der Waals surface area (Å²) >= 11 is 4.39. The van der Waals surface area contributed by atoms with Crippen molar-refractivity contribution in [3.63, 3.8) is 0 Å². The summed E-state index contributed by atoms with van der Waals surface area (Å²) in [6.07, 6.45) is 2.15. The Bertz CT molecular complexity index is 640. The number of halogens is 1. The Morgan fingerprint density at radius 1 is 1.42 bits per heavy atom. The van der Waals surface area contributed by atoms with E-state index in [-0.39, 0.29) is 10.8 Å². The van der Waals surface area contributed by atoms with E-state index in [1.165, 1.54) is 22.4 Å². The molecule has 1 aromatic rings. The minimum Gasteiger partial charge on any atom is -0.456 e. The highest BCUT2D eigenvalue weighted by Crippen LogP contribution is 2.22. The van der Waals surface area contributed by atoms with Crippen molar-refractivity contribution in [1.29, 1.82) is 0 Å². The smallest absolute Gasteiger partial charge is 0.411 e. The van der Waals surface area contributed by atoms with E-state index in [4.69, 9.17) is 9.47 Å². The lowest BCUT2D eigenvalue weighted by Gasteiger charge is -2.27. The van der Waals surface area contributed by atoms with Crippen LogP contribution >= 0.6 is 27.3 Å². The Hall–Kier alpha value is -1.48. The Morgan fingerprint density at radius 2 is 2.12 bits per heavy atom. The van der Waals surface area contributed by atoms with E-state index in [9.17, 15) is 14.4 Å². The highest BCUT2D eigenvalue weighted by atomic mass is 79.9. The Labute approximate surface area is 152 Å². The second-order valence-electron chi connectivity index (χ2n) is 6.33. The van der Waals surface area contributed by atoms with E-state index in [1.54, 1.807) is 20.8 Å². The lowest BCUT2D eigenvalue weighted by molar-refractivity contribution is -0.147. The van der Waals surface area contributed by atoms with Gasteiger partial charge in [-0.3, -0.25) is 9.69 Å². The molecule has 1 unspecified atom stereocenters. The Morgan fingerprint density at radius 3 is 2.71 bits per heavy atom. The average Bonchev–Trinajstić information content (AvgIpc) is 3.11. The summed E-state index contributed by atoms with van der Waals surface area (Å²) in [4.78, 5) is 41.6. The van der Waals surface area contributed by atoms with Crippen LogP contribution < -0.4 is 0 Å². The number of ketones is 1. The van der Waals surface area contributed by atoms with Crippen molar-refractivity contribution < 1.29 is 23.9 Å². The first-order valence-corrected chi connectivity index (χ1v) is 9.09. The van der Waals surface area contributed by atoms with Gasteiger partial charge in [0.1, 0.15) is 11.6 Å². The number of rotatable bonds is 4. The number of nitrogens with zero attached hydrogens (tertiary/aromatic N) is 2.